The Kier molecular flexibility index (Phi) is 4.93. The Bertz CT molecular complexity index is 983. The molecule has 26 heavy (non-hydrogen) atoms. The Balaban J connectivity index is 1.70. The van der Waals surface area contributed by atoms with Gasteiger partial charge in [0.15, 0.2) is 0 Å². The van der Waals surface area contributed by atoms with Crippen molar-refractivity contribution in [3.05, 3.63) is 106 Å². The molecule has 3 nitrogen and oxygen atoms in total. The zero-order chi connectivity index (χ0) is 17.8. The van der Waals surface area contributed by atoms with Crippen LogP contribution in [0.3, 0.4) is 0 Å². The third kappa shape index (κ3) is 3.75. The zero-order valence-electron chi connectivity index (χ0n) is 14.0. The summed E-state index contributed by atoms with van der Waals surface area (Å²) in [5.41, 5.74) is 3.33. The molecule has 0 aliphatic heterocycles. The van der Waals surface area contributed by atoms with Gasteiger partial charge in [0, 0.05) is 10.0 Å². The molecule has 0 spiro atoms. The van der Waals surface area contributed by atoms with Gasteiger partial charge in [-0.05, 0) is 29.7 Å². The van der Waals surface area contributed by atoms with Gasteiger partial charge in [-0.25, -0.2) is 0 Å². The molecule has 0 bridgehead atoms. The third-order valence-electron chi connectivity index (χ3n) is 4.30. The van der Waals surface area contributed by atoms with Gasteiger partial charge in [0.05, 0.1) is 5.92 Å². The van der Waals surface area contributed by atoms with Crippen molar-refractivity contribution in [2.45, 2.75) is 12.3 Å². The van der Waals surface area contributed by atoms with Gasteiger partial charge in [0.25, 0.3) is 0 Å². The van der Waals surface area contributed by atoms with Gasteiger partial charge >= 0.3 is 0 Å². The van der Waals surface area contributed by atoms with Crippen LogP contribution in [0, 0.1) is 0 Å². The summed E-state index contributed by atoms with van der Waals surface area (Å²) in [7, 11) is 0. The normalized spacial score (nSPS) is 12.0. The van der Waals surface area contributed by atoms with Gasteiger partial charge in [-0.3, -0.25) is 0 Å². The van der Waals surface area contributed by atoms with Crippen LogP contribution in [0.4, 0.5) is 0 Å². The smallest absolute Gasteiger partial charge is 0.234 e. The Labute approximate surface area is 160 Å². The lowest BCUT2D eigenvalue weighted by atomic mass is 9.92. The molecule has 0 fully saturated rings. The highest BCUT2D eigenvalue weighted by atomic mass is 79.9. The monoisotopic (exact) mass is 404 g/mol. The maximum atomic E-state index is 5.67. The van der Waals surface area contributed by atoms with Crippen LogP contribution in [0.25, 0.3) is 11.4 Å². The van der Waals surface area contributed by atoms with Crippen molar-refractivity contribution >= 4 is 15.9 Å². The molecule has 1 aromatic heterocycles. The fourth-order valence-corrected chi connectivity index (χ4v) is 3.46. The molecule has 4 rings (SSSR count). The van der Waals surface area contributed by atoms with Gasteiger partial charge in [-0.15, -0.1) is 0 Å². The van der Waals surface area contributed by atoms with E-state index in [4.69, 9.17) is 4.52 Å². The predicted molar refractivity (Wildman–Crippen MR) is 106 cm³/mol. The SMILES string of the molecule is Brc1cccc(CC(c2ccccc2)c2nc(-c3ccccc3)no2)c1. The van der Waals surface area contributed by atoms with Crippen molar-refractivity contribution < 1.29 is 4.52 Å². The highest BCUT2D eigenvalue weighted by Crippen LogP contribution is 2.29. The summed E-state index contributed by atoms with van der Waals surface area (Å²) in [5, 5.41) is 4.20. The second kappa shape index (κ2) is 7.67. The fourth-order valence-electron chi connectivity index (χ4n) is 3.01. The summed E-state index contributed by atoms with van der Waals surface area (Å²) in [6.07, 6.45) is 0.792. The van der Waals surface area contributed by atoms with Crippen LogP contribution >= 0.6 is 15.9 Å². The highest BCUT2D eigenvalue weighted by molar-refractivity contribution is 9.10. The molecule has 3 aromatic carbocycles. The van der Waals surface area contributed by atoms with Crippen LogP contribution in [-0.4, -0.2) is 10.1 Å². The maximum Gasteiger partial charge on any atom is 0.234 e. The van der Waals surface area contributed by atoms with E-state index in [1.165, 1.54) is 5.56 Å². The largest absolute Gasteiger partial charge is 0.338 e. The van der Waals surface area contributed by atoms with E-state index in [0.717, 1.165) is 22.0 Å². The van der Waals surface area contributed by atoms with E-state index in [-0.39, 0.29) is 5.92 Å². The van der Waals surface area contributed by atoms with Crippen molar-refractivity contribution in [3.8, 4) is 11.4 Å². The van der Waals surface area contributed by atoms with Crippen LogP contribution in [-0.2, 0) is 6.42 Å². The van der Waals surface area contributed by atoms with E-state index in [9.17, 15) is 0 Å². The summed E-state index contributed by atoms with van der Waals surface area (Å²) in [6, 6.07) is 28.5. The van der Waals surface area contributed by atoms with Crippen molar-refractivity contribution in [2.75, 3.05) is 0 Å². The molecule has 0 aliphatic rings. The lowest BCUT2D eigenvalue weighted by molar-refractivity contribution is 0.365. The number of hydrogen-bond acceptors (Lipinski definition) is 3. The second-order valence-electron chi connectivity index (χ2n) is 6.12. The van der Waals surface area contributed by atoms with Gasteiger partial charge in [-0.2, -0.15) is 4.98 Å². The fraction of sp³-hybridized carbons (Fsp3) is 0.0909. The van der Waals surface area contributed by atoms with Crippen molar-refractivity contribution in [3.63, 3.8) is 0 Å². The van der Waals surface area contributed by atoms with Gasteiger partial charge in [-0.1, -0.05) is 93.9 Å². The Hall–Kier alpha value is -2.72. The molecule has 1 unspecified atom stereocenters. The van der Waals surface area contributed by atoms with Crippen molar-refractivity contribution in [1.82, 2.24) is 10.1 Å². The first-order valence-electron chi connectivity index (χ1n) is 8.48. The second-order valence-corrected chi connectivity index (χ2v) is 7.04. The lowest BCUT2D eigenvalue weighted by Crippen LogP contribution is -2.05. The molecule has 0 N–H and O–H groups in total. The summed E-state index contributed by atoms with van der Waals surface area (Å²) < 4.78 is 6.73. The summed E-state index contributed by atoms with van der Waals surface area (Å²) >= 11 is 3.55. The number of rotatable bonds is 5. The van der Waals surface area contributed by atoms with Gasteiger partial charge in [0.1, 0.15) is 0 Å². The average molecular weight is 405 g/mol. The molecule has 0 amide bonds. The molecular formula is C22H17BrN2O. The summed E-state index contributed by atoms with van der Waals surface area (Å²) in [4.78, 5) is 4.69. The van der Waals surface area contributed by atoms with Crippen molar-refractivity contribution in [2.24, 2.45) is 0 Å². The molecule has 1 atom stereocenters. The summed E-state index contributed by atoms with van der Waals surface area (Å²) in [6.45, 7) is 0. The van der Waals surface area contributed by atoms with E-state index in [1.807, 2.05) is 60.7 Å². The lowest BCUT2D eigenvalue weighted by Gasteiger charge is -2.13. The molecule has 128 valence electrons. The van der Waals surface area contributed by atoms with E-state index in [2.05, 4.69) is 50.3 Å². The van der Waals surface area contributed by atoms with Gasteiger partial charge in [0.2, 0.25) is 11.7 Å². The van der Waals surface area contributed by atoms with Crippen LogP contribution in [0.1, 0.15) is 22.9 Å². The number of nitrogens with zero attached hydrogens (tertiary/aromatic N) is 2. The Morgan fingerprint density at radius 2 is 1.58 bits per heavy atom. The van der Waals surface area contributed by atoms with E-state index < -0.39 is 0 Å². The number of hydrogen-bond donors (Lipinski definition) is 0. The van der Waals surface area contributed by atoms with E-state index in [0.29, 0.717) is 11.7 Å². The molecule has 0 radical (unpaired) electrons. The molecule has 1 heterocycles. The topological polar surface area (TPSA) is 38.9 Å². The molecule has 0 saturated carbocycles. The first-order chi connectivity index (χ1) is 12.8. The van der Waals surface area contributed by atoms with E-state index in [1.54, 1.807) is 0 Å². The number of aromatic nitrogens is 2. The first kappa shape index (κ1) is 16.7. The molecule has 0 saturated heterocycles. The molecule has 0 aliphatic carbocycles. The Morgan fingerprint density at radius 3 is 2.31 bits per heavy atom. The zero-order valence-corrected chi connectivity index (χ0v) is 15.6. The van der Waals surface area contributed by atoms with Crippen LogP contribution < -0.4 is 0 Å². The van der Waals surface area contributed by atoms with Crippen molar-refractivity contribution in [1.29, 1.82) is 0 Å². The number of benzene rings is 3. The first-order valence-corrected chi connectivity index (χ1v) is 9.27. The summed E-state index contributed by atoms with van der Waals surface area (Å²) in [5.74, 6) is 1.27. The quantitative estimate of drug-likeness (QED) is 0.417. The standard InChI is InChI=1S/C22H17BrN2O/c23-19-13-7-8-16(14-19)15-20(17-9-3-1-4-10-17)22-24-21(25-26-22)18-11-5-2-6-12-18/h1-14,20H,15H2. The Morgan fingerprint density at radius 1 is 0.846 bits per heavy atom. The number of halogens is 1. The van der Waals surface area contributed by atoms with Crippen LogP contribution in [0.15, 0.2) is 93.9 Å². The van der Waals surface area contributed by atoms with E-state index >= 15 is 0 Å². The molecule has 4 heteroatoms. The van der Waals surface area contributed by atoms with Crippen LogP contribution in [0.2, 0.25) is 0 Å². The molecule has 4 aromatic rings. The predicted octanol–water partition coefficient (Wildman–Crippen LogP) is 5.87. The van der Waals surface area contributed by atoms with Crippen LogP contribution in [0.5, 0.6) is 0 Å². The minimum Gasteiger partial charge on any atom is -0.338 e. The molecular weight excluding hydrogens is 388 g/mol. The minimum absolute atomic E-state index is 0.00969. The highest BCUT2D eigenvalue weighted by Gasteiger charge is 2.22. The van der Waals surface area contributed by atoms with Gasteiger partial charge < -0.3 is 4.52 Å². The minimum atomic E-state index is 0.00969. The third-order valence-corrected chi connectivity index (χ3v) is 4.80. The maximum absolute atomic E-state index is 5.67. The average Bonchev–Trinajstić information content (AvgIpc) is 3.17.